The second-order valence-electron chi connectivity index (χ2n) is 3.72. The molecule has 0 atom stereocenters. The number of nitrogens with one attached hydrogen (secondary N) is 1. The van der Waals surface area contributed by atoms with E-state index in [2.05, 4.69) is 21.2 Å². The van der Waals surface area contributed by atoms with Crippen molar-refractivity contribution < 1.29 is 9.84 Å². The Bertz CT molecular complexity index is 529. The molecule has 2 aromatic rings. The van der Waals surface area contributed by atoms with Crippen LogP contribution in [0.1, 0.15) is 6.92 Å². The van der Waals surface area contributed by atoms with E-state index in [-0.39, 0.29) is 5.75 Å². The minimum atomic E-state index is 0.127. The Morgan fingerprint density at radius 2 is 1.94 bits per heavy atom. The molecule has 0 heterocycles. The molecule has 2 N–H and O–H groups in total. The first-order valence-electron chi connectivity index (χ1n) is 5.68. The molecule has 0 unspecified atom stereocenters. The number of para-hydroxylation sites is 1. The number of ether oxygens (including phenoxy) is 1. The second kappa shape index (κ2) is 5.78. The zero-order valence-electron chi connectivity index (χ0n) is 9.98. The van der Waals surface area contributed by atoms with Gasteiger partial charge in [-0.25, -0.2) is 0 Å². The zero-order chi connectivity index (χ0) is 13.0. The van der Waals surface area contributed by atoms with Gasteiger partial charge in [0.05, 0.1) is 12.3 Å². The van der Waals surface area contributed by atoms with Crippen LogP contribution < -0.4 is 10.1 Å². The highest BCUT2D eigenvalue weighted by Gasteiger charge is 2.08. The molecule has 0 fully saturated rings. The largest absolute Gasteiger partial charge is 0.504 e. The number of halogens is 1. The lowest BCUT2D eigenvalue weighted by Crippen LogP contribution is -1.95. The molecule has 0 amide bonds. The van der Waals surface area contributed by atoms with Crippen LogP contribution in [0.15, 0.2) is 46.9 Å². The number of aromatic hydroxyl groups is 1. The summed E-state index contributed by atoms with van der Waals surface area (Å²) in [6, 6.07) is 13.2. The molecule has 0 saturated heterocycles. The normalized spacial score (nSPS) is 10.1. The molecule has 0 aliphatic heterocycles. The van der Waals surface area contributed by atoms with Crippen LogP contribution in [0.4, 0.5) is 11.4 Å². The molecule has 0 radical (unpaired) electrons. The quantitative estimate of drug-likeness (QED) is 0.828. The lowest BCUT2D eigenvalue weighted by Gasteiger charge is -2.12. The lowest BCUT2D eigenvalue weighted by atomic mass is 10.2. The van der Waals surface area contributed by atoms with Crippen LogP contribution in [0.3, 0.4) is 0 Å². The predicted octanol–water partition coefficient (Wildman–Crippen LogP) is 4.30. The van der Waals surface area contributed by atoms with E-state index >= 15 is 0 Å². The third-order valence-electron chi connectivity index (χ3n) is 2.40. The molecule has 0 aliphatic carbocycles. The Balaban J connectivity index is 2.30. The average molecular weight is 308 g/mol. The molecule has 0 spiro atoms. The smallest absolute Gasteiger partial charge is 0.163 e. The minimum absolute atomic E-state index is 0.127. The van der Waals surface area contributed by atoms with Gasteiger partial charge in [0.2, 0.25) is 0 Å². The maximum atomic E-state index is 9.73. The van der Waals surface area contributed by atoms with Crippen molar-refractivity contribution >= 4 is 27.3 Å². The summed E-state index contributed by atoms with van der Waals surface area (Å²) in [6.07, 6.45) is 0. The van der Waals surface area contributed by atoms with E-state index < -0.39 is 0 Å². The average Bonchev–Trinajstić information content (AvgIpc) is 2.37. The topological polar surface area (TPSA) is 41.5 Å². The Kier molecular flexibility index (Phi) is 4.10. The molecule has 2 aromatic carbocycles. The summed E-state index contributed by atoms with van der Waals surface area (Å²) in [6.45, 7) is 2.39. The number of phenolic OH excluding ortho intramolecular Hbond substituents is 1. The van der Waals surface area contributed by atoms with Crippen LogP contribution in [0.2, 0.25) is 0 Å². The van der Waals surface area contributed by atoms with Crippen molar-refractivity contribution in [1.82, 2.24) is 0 Å². The fraction of sp³-hybridized carbons (Fsp3) is 0.143. The van der Waals surface area contributed by atoms with Crippen molar-refractivity contribution in [3.05, 3.63) is 46.9 Å². The van der Waals surface area contributed by atoms with Crippen molar-refractivity contribution in [3.8, 4) is 11.5 Å². The molecule has 0 bridgehead atoms. The van der Waals surface area contributed by atoms with Gasteiger partial charge in [-0.15, -0.1) is 0 Å². The van der Waals surface area contributed by atoms with Crippen LogP contribution in [0.5, 0.6) is 11.5 Å². The SMILES string of the molecule is CCOc1cc(Nc2ccccc2)c(Br)cc1O. The van der Waals surface area contributed by atoms with E-state index in [0.717, 1.165) is 15.8 Å². The number of phenols is 1. The molecule has 18 heavy (non-hydrogen) atoms. The van der Waals surface area contributed by atoms with E-state index in [9.17, 15) is 5.11 Å². The van der Waals surface area contributed by atoms with Gasteiger partial charge in [-0.3, -0.25) is 0 Å². The molecular weight excluding hydrogens is 294 g/mol. The molecule has 2 rings (SSSR count). The van der Waals surface area contributed by atoms with Gasteiger partial charge in [-0.1, -0.05) is 18.2 Å². The van der Waals surface area contributed by atoms with Gasteiger partial charge < -0.3 is 15.2 Å². The fourth-order valence-corrected chi connectivity index (χ4v) is 2.02. The summed E-state index contributed by atoms with van der Waals surface area (Å²) < 4.78 is 6.14. The second-order valence-corrected chi connectivity index (χ2v) is 4.58. The van der Waals surface area contributed by atoms with E-state index in [1.807, 2.05) is 37.3 Å². The van der Waals surface area contributed by atoms with E-state index in [4.69, 9.17) is 4.74 Å². The van der Waals surface area contributed by atoms with Gasteiger partial charge in [0.15, 0.2) is 11.5 Å². The lowest BCUT2D eigenvalue weighted by molar-refractivity contribution is 0.318. The Morgan fingerprint density at radius 3 is 2.61 bits per heavy atom. The summed E-state index contributed by atoms with van der Waals surface area (Å²) in [7, 11) is 0. The van der Waals surface area contributed by atoms with Crippen molar-refractivity contribution in [2.75, 3.05) is 11.9 Å². The standard InChI is InChI=1S/C14H14BrNO2/c1-2-18-14-9-12(11(15)8-13(14)17)16-10-6-4-3-5-7-10/h3-9,16-17H,2H2,1H3. The number of anilines is 2. The van der Waals surface area contributed by atoms with Gasteiger partial charge in [0.1, 0.15) is 0 Å². The maximum absolute atomic E-state index is 9.73. The first-order valence-corrected chi connectivity index (χ1v) is 6.47. The van der Waals surface area contributed by atoms with Crippen molar-refractivity contribution in [1.29, 1.82) is 0 Å². The first kappa shape index (κ1) is 12.8. The van der Waals surface area contributed by atoms with Crippen molar-refractivity contribution in [2.24, 2.45) is 0 Å². The zero-order valence-corrected chi connectivity index (χ0v) is 11.6. The van der Waals surface area contributed by atoms with E-state index in [0.29, 0.717) is 12.4 Å². The third-order valence-corrected chi connectivity index (χ3v) is 3.06. The minimum Gasteiger partial charge on any atom is -0.504 e. The predicted molar refractivity (Wildman–Crippen MR) is 76.7 cm³/mol. The number of benzene rings is 2. The Labute approximate surface area is 115 Å². The summed E-state index contributed by atoms with van der Waals surface area (Å²) in [5.74, 6) is 0.599. The molecule has 0 aliphatic rings. The number of rotatable bonds is 4. The number of hydrogen-bond donors (Lipinski definition) is 2. The van der Waals surface area contributed by atoms with Crippen LogP contribution in [0.25, 0.3) is 0 Å². The van der Waals surface area contributed by atoms with Crippen LogP contribution in [0, 0.1) is 0 Å². The molecule has 3 nitrogen and oxygen atoms in total. The highest BCUT2D eigenvalue weighted by atomic mass is 79.9. The van der Waals surface area contributed by atoms with Gasteiger partial charge >= 0.3 is 0 Å². The highest BCUT2D eigenvalue weighted by Crippen LogP contribution is 2.36. The van der Waals surface area contributed by atoms with Crippen molar-refractivity contribution in [3.63, 3.8) is 0 Å². The Hall–Kier alpha value is -1.68. The highest BCUT2D eigenvalue weighted by molar-refractivity contribution is 9.10. The summed E-state index contributed by atoms with van der Waals surface area (Å²) in [4.78, 5) is 0. The first-order chi connectivity index (χ1) is 8.70. The third kappa shape index (κ3) is 2.96. The molecular formula is C14H14BrNO2. The van der Waals surface area contributed by atoms with Gasteiger partial charge in [0, 0.05) is 22.3 Å². The van der Waals surface area contributed by atoms with Gasteiger partial charge in [0.25, 0.3) is 0 Å². The number of hydrogen-bond acceptors (Lipinski definition) is 3. The van der Waals surface area contributed by atoms with Crippen molar-refractivity contribution in [2.45, 2.75) is 6.92 Å². The van der Waals surface area contributed by atoms with Crippen LogP contribution in [-0.2, 0) is 0 Å². The monoisotopic (exact) mass is 307 g/mol. The van der Waals surface area contributed by atoms with Gasteiger partial charge in [-0.05, 0) is 35.0 Å². The van der Waals surface area contributed by atoms with Crippen LogP contribution >= 0.6 is 15.9 Å². The van der Waals surface area contributed by atoms with Gasteiger partial charge in [-0.2, -0.15) is 0 Å². The fourth-order valence-electron chi connectivity index (χ4n) is 1.59. The molecule has 4 heteroatoms. The molecule has 0 saturated carbocycles. The molecule has 0 aromatic heterocycles. The molecule has 94 valence electrons. The van der Waals surface area contributed by atoms with E-state index in [1.54, 1.807) is 12.1 Å². The summed E-state index contributed by atoms with van der Waals surface area (Å²) in [5.41, 5.74) is 1.83. The summed E-state index contributed by atoms with van der Waals surface area (Å²) >= 11 is 3.41. The maximum Gasteiger partial charge on any atom is 0.163 e. The van der Waals surface area contributed by atoms with E-state index in [1.165, 1.54) is 0 Å². The van der Waals surface area contributed by atoms with Crippen LogP contribution in [-0.4, -0.2) is 11.7 Å². The Morgan fingerprint density at radius 1 is 1.22 bits per heavy atom. The summed E-state index contributed by atoms with van der Waals surface area (Å²) in [5, 5.41) is 13.0.